The van der Waals surface area contributed by atoms with Gasteiger partial charge in [0.25, 0.3) is 0 Å². The van der Waals surface area contributed by atoms with Gasteiger partial charge in [0.05, 0.1) is 4.90 Å². The SMILES string of the molecule is C[C@@H](N[C@@H](C(N)=O)c1ccccc1)c1ccc(S(C)(=O)=O)cc1. The Morgan fingerprint density at radius 2 is 1.57 bits per heavy atom. The third-order valence-corrected chi connectivity index (χ3v) is 4.77. The van der Waals surface area contributed by atoms with Crippen LogP contribution in [0.4, 0.5) is 0 Å². The maximum Gasteiger partial charge on any atom is 0.239 e. The van der Waals surface area contributed by atoms with E-state index in [1.165, 1.54) is 6.26 Å². The van der Waals surface area contributed by atoms with Gasteiger partial charge in [0.15, 0.2) is 9.84 Å². The molecule has 2 atom stereocenters. The molecule has 0 fully saturated rings. The zero-order valence-electron chi connectivity index (χ0n) is 13.1. The van der Waals surface area contributed by atoms with Crippen LogP contribution in [0.15, 0.2) is 59.5 Å². The molecule has 0 saturated heterocycles. The first-order valence-corrected chi connectivity index (χ1v) is 9.08. The summed E-state index contributed by atoms with van der Waals surface area (Å²) in [6.07, 6.45) is 1.17. The van der Waals surface area contributed by atoms with E-state index in [0.29, 0.717) is 0 Å². The van der Waals surface area contributed by atoms with Crippen LogP contribution < -0.4 is 11.1 Å². The van der Waals surface area contributed by atoms with E-state index < -0.39 is 21.8 Å². The van der Waals surface area contributed by atoms with Crippen LogP contribution in [-0.4, -0.2) is 20.6 Å². The fourth-order valence-corrected chi connectivity index (χ4v) is 2.97. The van der Waals surface area contributed by atoms with Crippen molar-refractivity contribution in [1.82, 2.24) is 5.32 Å². The van der Waals surface area contributed by atoms with E-state index in [0.717, 1.165) is 11.1 Å². The van der Waals surface area contributed by atoms with Gasteiger partial charge in [0.1, 0.15) is 6.04 Å². The van der Waals surface area contributed by atoms with E-state index in [-0.39, 0.29) is 10.9 Å². The molecule has 0 saturated carbocycles. The lowest BCUT2D eigenvalue weighted by Gasteiger charge is -2.21. The number of primary amides is 1. The van der Waals surface area contributed by atoms with Crippen molar-refractivity contribution in [3.05, 3.63) is 65.7 Å². The van der Waals surface area contributed by atoms with Gasteiger partial charge >= 0.3 is 0 Å². The molecule has 2 rings (SSSR count). The molecule has 3 N–H and O–H groups in total. The minimum atomic E-state index is -3.22. The average molecular weight is 332 g/mol. The lowest BCUT2D eigenvalue weighted by molar-refractivity contribution is -0.120. The summed E-state index contributed by atoms with van der Waals surface area (Å²) in [6, 6.07) is 15.0. The van der Waals surface area contributed by atoms with Crippen LogP contribution in [0.3, 0.4) is 0 Å². The minimum absolute atomic E-state index is 0.165. The molecule has 6 heteroatoms. The summed E-state index contributed by atoms with van der Waals surface area (Å²) >= 11 is 0. The van der Waals surface area contributed by atoms with Gasteiger partial charge in [-0.3, -0.25) is 10.1 Å². The third-order valence-electron chi connectivity index (χ3n) is 3.64. The summed E-state index contributed by atoms with van der Waals surface area (Å²) < 4.78 is 23.0. The molecular formula is C17H20N2O3S. The predicted molar refractivity (Wildman–Crippen MR) is 89.5 cm³/mol. The molecule has 0 bridgehead atoms. The van der Waals surface area contributed by atoms with Crippen LogP contribution in [0.5, 0.6) is 0 Å². The van der Waals surface area contributed by atoms with Gasteiger partial charge < -0.3 is 5.73 Å². The van der Waals surface area contributed by atoms with Crippen molar-refractivity contribution in [2.45, 2.75) is 23.9 Å². The van der Waals surface area contributed by atoms with Gasteiger partial charge in [0, 0.05) is 12.3 Å². The van der Waals surface area contributed by atoms with Crippen molar-refractivity contribution in [1.29, 1.82) is 0 Å². The fourth-order valence-electron chi connectivity index (χ4n) is 2.34. The molecule has 0 aliphatic heterocycles. The number of carbonyl (C=O) groups excluding carboxylic acids is 1. The molecule has 0 radical (unpaired) electrons. The van der Waals surface area contributed by atoms with E-state index >= 15 is 0 Å². The van der Waals surface area contributed by atoms with Crippen LogP contribution in [0.1, 0.15) is 30.1 Å². The molecule has 0 aromatic heterocycles. The van der Waals surface area contributed by atoms with E-state index in [4.69, 9.17) is 5.73 Å². The maximum absolute atomic E-state index is 11.7. The molecule has 1 amide bonds. The number of hydrogen-bond acceptors (Lipinski definition) is 4. The van der Waals surface area contributed by atoms with Crippen molar-refractivity contribution in [2.75, 3.05) is 6.26 Å². The molecule has 0 unspecified atom stereocenters. The molecule has 0 aliphatic carbocycles. The Morgan fingerprint density at radius 1 is 1.00 bits per heavy atom. The van der Waals surface area contributed by atoms with E-state index in [1.54, 1.807) is 24.3 Å². The Bertz CT molecular complexity index is 771. The summed E-state index contributed by atoms with van der Waals surface area (Å²) in [5.41, 5.74) is 7.16. The number of hydrogen-bond donors (Lipinski definition) is 2. The Balaban J connectivity index is 2.19. The standard InChI is InChI=1S/C17H20N2O3S/c1-12(13-8-10-15(11-9-13)23(2,21)22)19-16(17(18)20)14-6-4-3-5-7-14/h3-12,16,19H,1-2H3,(H2,18,20)/t12-,16-/m1/s1. The molecule has 2 aromatic carbocycles. The minimum Gasteiger partial charge on any atom is -0.368 e. The molecule has 0 heterocycles. The van der Waals surface area contributed by atoms with E-state index in [9.17, 15) is 13.2 Å². The first-order chi connectivity index (χ1) is 10.8. The number of benzene rings is 2. The predicted octanol–water partition coefficient (Wildman–Crippen LogP) is 1.97. The van der Waals surface area contributed by atoms with Crippen molar-refractivity contribution >= 4 is 15.7 Å². The van der Waals surface area contributed by atoms with Crippen molar-refractivity contribution in [3.8, 4) is 0 Å². The highest BCUT2D eigenvalue weighted by molar-refractivity contribution is 7.90. The number of amides is 1. The van der Waals surface area contributed by atoms with Crippen molar-refractivity contribution in [3.63, 3.8) is 0 Å². The molecule has 5 nitrogen and oxygen atoms in total. The second kappa shape index (κ2) is 6.93. The topological polar surface area (TPSA) is 89.3 Å². The lowest BCUT2D eigenvalue weighted by Crippen LogP contribution is -2.35. The molecule has 0 aliphatic rings. The first-order valence-electron chi connectivity index (χ1n) is 7.19. The summed E-state index contributed by atoms with van der Waals surface area (Å²) in [4.78, 5) is 12.0. The van der Waals surface area contributed by atoms with Gasteiger partial charge in [-0.1, -0.05) is 42.5 Å². The monoisotopic (exact) mass is 332 g/mol. The average Bonchev–Trinajstić information content (AvgIpc) is 2.52. The normalized spacial score (nSPS) is 14.2. The van der Waals surface area contributed by atoms with Crippen LogP contribution in [0, 0.1) is 0 Å². The molecule has 0 spiro atoms. The summed E-state index contributed by atoms with van der Waals surface area (Å²) in [5.74, 6) is -0.462. The molecular weight excluding hydrogens is 312 g/mol. The van der Waals surface area contributed by atoms with E-state index in [1.807, 2.05) is 37.3 Å². The quantitative estimate of drug-likeness (QED) is 0.846. The highest BCUT2D eigenvalue weighted by Gasteiger charge is 2.20. The van der Waals surface area contributed by atoms with Gasteiger partial charge in [-0.2, -0.15) is 0 Å². The van der Waals surface area contributed by atoms with Crippen molar-refractivity contribution < 1.29 is 13.2 Å². The van der Waals surface area contributed by atoms with Gasteiger partial charge in [0.2, 0.25) is 5.91 Å². The Hall–Kier alpha value is -2.18. The summed E-state index contributed by atoms with van der Waals surface area (Å²) in [6.45, 7) is 1.90. The van der Waals surface area contributed by atoms with Crippen LogP contribution in [0.2, 0.25) is 0 Å². The zero-order chi connectivity index (χ0) is 17.0. The Kier molecular flexibility index (Phi) is 5.18. The summed E-state index contributed by atoms with van der Waals surface area (Å²) in [5, 5.41) is 3.18. The van der Waals surface area contributed by atoms with Crippen LogP contribution in [0.25, 0.3) is 0 Å². The lowest BCUT2D eigenvalue weighted by atomic mass is 10.0. The number of nitrogens with two attached hydrogens (primary N) is 1. The third kappa shape index (κ3) is 4.40. The second-order valence-corrected chi connectivity index (χ2v) is 7.49. The highest BCUT2D eigenvalue weighted by atomic mass is 32.2. The van der Waals surface area contributed by atoms with Gasteiger partial charge in [-0.15, -0.1) is 0 Å². The van der Waals surface area contributed by atoms with Gasteiger partial charge in [-0.25, -0.2) is 8.42 Å². The zero-order valence-corrected chi connectivity index (χ0v) is 13.9. The fraction of sp³-hybridized carbons (Fsp3) is 0.235. The second-order valence-electron chi connectivity index (χ2n) is 5.48. The number of rotatable bonds is 6. The largest absolute Gasteiger partial charge is 0.368 e. The van der Waals surface area contributed by atoms with E-state index in [2.05, 4.69) is 5.32 Å². The Labute approximate surface area is 136 Å². The molecule has 23 heavy (non-hydrogen) atoms. The summed E-state index contributed by atoms with van der Waals surface area (Å²) in [7, 11) is -3.22. The number of sulfone groups is 1. The Morgan fingerprint density at radius 3 is 2.04 bits per heavy atom. The van der Waals surface area contributed by atoms with Crippen molar-refractivity contribution in [2.24, 2.45) is 5.73 Å². The molecule has 2 aromatic rings. The maximum atomic E-state index is 11.7. The highest BCUT2D eigenvalue weighted by Crippen LogP contribution is 2.21. The first kappa shape index (κ1) is 17.2. The van der Waals surface area contributed by atoms with Gasteiger partial charge in [-0.05, 0) is 30.2 Å². The van der Waals surface area contributed by atoms with Crippen LogP contribution in [-0.2, 0) is 14.6 Å². The number of nitrogens with one attached hydrogen (secondary N) is 1. The van der Waals surface area contributed by atoms with Crippen LogP contribution >= 0.6 is 0 Å². The smallest absolute Gasteiger partial charge is 0.239 e. The number of carbonyl (C=O) groups is 1. The molecule has 122 valence electrons.